The molecule has 3 rings (SSSR count). The number of carbonyl (C=O) groups is 1. The van der Waals surface area contributed by atoms with Gasteiger partial charge in [0.2, 0.25) is 5.82 Å². The number of aromatic nitrogens is 4. The summed E-state index contributed by atoms with van der Waals surface area (Å²) in [4.78, 5) is 25.5. The fourth-order valence-electron chi connectivity index (χ4n) is 2.95. The van der Waals surface area contributed by atoms with Crippen molar-refractivity contribution in [1.29, 1.82) is 0 Å². The number of amides is 1. The topological polar surface area (TPSA) is 93.2 Å². The number of rotatable bonds is 5. The summed E-state index contributed by atoms with van der Waals surface area (Å²) in [6.07, 6.45) is 4.54. The van der Waals surface area contributed by atoms with Crippen LogP contribution in [0.25, 0.3) is 0 Å². The Morgan fingerprint density at radius 1 is 1.40 bits per heavy atom. The Kier molecular flexibility index (Phi) is 4.98. The van der Waals surface area contributed by atoms with E-state index in [1.165, 1.54) is 0 Å². The third-order valence-electron chi connectivity index (χ3n) is 4.65. The number of nitrogens with zero attached hydrogens (tertiary/aromatic N) is 6. The van der Waals surface area contributed by atoms with Gasteiger partial charge >= 0.3 is 0 Å². The molecule has 0 saturated carbocycles. The predicted octanol–water partition coefficient (Wildman–Crippen LogP) is 0.600. The minimum absolute atomic E-state index is 0.158. The highest BCUT2D eigenvalue weighted by Gasteiger charge is 2.25. The highest BCUT2D eigenvalue weighted by atomic mass is 16.2. The zero-order chi connectivity index (χ0) is 18.0. The van der Waals surface area contributed by atoms with Gasteiger partial charge in [-0.25, -0.2) is 9.97 Å². The van der Waals surface area contributed by atoms with Crippen LogP contribution in [0.15, 0.2) is 18.5 Å². The second-order valence-electron chi connectivity index (χ2n) is 6.57. The lowest BCUT2D eigenvalue weighted by Gasteiger charge is -2.22. The third-order valence-corrected chi connectivity index (χ3v) is 4.65. The summed E-state index contributed by atoms with van der Waals surface area (Å²) in [7, 11) is 1.76. The average Bonchev–Trinajstić information content (AvgIpc) is 3.26. The molecular formula is C17H25N7O. The summed E-state index contributed by atoms with van der Waals surface area (Å²) in [5.41, 5.74) is 7.85. The van der Waals surface area contributed by atoms with Gasteiger partial charge in [-0.3, -0.25) is 9.48 Å². The van der Waals surface area contributed by atoms with Gasteiger partial charge in [0.15, 0.2) is 0 Å². The Morgan fingerprint density at radius 2 is 2.20 bits per heavy atom. The fourth-order valence-corrected chi connectivity index (χ4v) is 2.95. The number of anilines is 1. The first kappa shape index (κ1) is 17.3. The van der Waals surface area contributed by atoms with Gasteiger partial charge in [-0.2, -0.15) is 5.10 Å². The summed E-state index contributed by atoms with van der Waals surface area (Å²) in [6.45, 7) is 6.71. The molecule has 134 valence electrons. The molecule has 0 aromatic carbocycles. The first-order valence-corrected chi connectivity index (χ1v) is 8.54. The van der Waals surface area contributed by atoms with Gasteiger partial charge in [0.1, 0.15) is 5.82 Å². The van der Waals surface area contributed by atoms with Gasteiger partial charge in [-0.15, -0.1) is 0 Å². The van der Waals surface area contributed by atoms with Crippen molar-refractivity contribution in [2.24, 2.45) is 5.73 Å². The quantitative estimate of drug-likeness (QED) is 0.854. The van der Waals surface area contributed by atoms with Crippen LogP contribution in [-0.4, -0.2) is 63.3 Å². The zero-order valence-electron chi connectivity index (χ0n) is 15.0. The molecule has 1 saturated heterocycles. The van der Waals surface area contributed by atoms with Crippen molar-refractivity contribution >= 4 is 11.7 Å². The monoisotopic (exact) mass is 343 g/mol. The van der Waals surface area contributed by atoms with Crippen LogP contribution >= 0.6 is 0 Å². The Hall–Kier alpha value is -2.48. The molecule has 1 atom stereocenters. The van der Waals surface area contributed by atoms with Crippen molar-refractivity contribution < 1.29 is 4.79 Å². The Balaban J connectivity index is 1.76. The lowest BCUT2D eigenvalue weighted by molar-refractivity contribution is 0.0776. The number of carbonyl (C=O) groups excluding carboxylic acids is 1. The number of hydrogen-bond donors (Lipinski definition) is 1. The van der Waals surface area contributed by atoms with Crippen molar-refractivity contribution in [2.75, 3.05) is 31.6 Å². The van der Waals surface area contributed by atoms with Gasteiger partial charge in [0.05, 0.1) is 6.54 Å². The molecule has 1 aliphatic heterocycles. The van der Waals surface area contributed by atoms with Crippen molar-refractivity contribution in [2.45, 2.75) is 32.9 Å². The Bertz CT molecular complexity index is 744. The molecule has 3 heterocycles. The molecule has 0 radical (unpaired) electrons. The molecule has 2 aromatic rings. The van der Waals surface area contributed by atoms with E-state index in [0.29, 0.717) is 13.1 Å². The predicted molar refractivity (Wildman–Crippen MR) is 95.5 cm³/mol. The highest BCUT2D eigenvalue weighted by Crippen LogP contribution is 2.23. The molecule has 2 N–H and O–H groups in total. The van der Waals surface area contributed by atoms with Crippen LogP contribution in [0.2, 0.25) is 0 Å². The van der Waals surface area contributed by atoms with Gasteiger partial charge in [0.25, 0.3) is 5.91 Å². The van der Waals surface area contributed by atoms with E-state index in [1.54, 1.807) is 22.8 Å². The van der Waals surface area contributed by atoms with Crippen LogP contribution in [0, 0.1) is 13.8 Å². The zero-order valence-corrected chi connectivity index (χ0v) is 15.0. The molecule has 0 spiro atoms. The molecule has 25 heavy (non-hydrogen) atoms. The summed E-state index contributed by atoms with van der Waals surface area (Å²) in [5.74, 6) is 0.880. The molecule has 8 nitrogen and oxygen atoms in total. The van der Waals surface area contributed by atoms with Crippen LogP contribution in [-0.2, 0) is 6.54 Å². The smallest absolute Gasteiger partial charge is 0.291 e. The van der Waals surface area contributed by atoms with E-state index in [1.807, 2.05) is 26.1 Å². The van der Waals surface area contributed by atoms with Crippen LogP contribution in [0.4, 0.5) is 5.82 Å². The number of aryl methyl sites for hydroxylation is 1. The molecule has 1 aliphatic rings. The maximum Gasteiger partial charge on any atom is 0.291 e. The Morgan fingerprint density at radius 3 is 2.84 bits per heavy atom. The normalized spacial score (nSPS) is 17.1. The first-order valence-electron chi connectivity index (χ1n) is 8.54. The van der Waals surface area contributed by atoms with E-state index in [4.69, 9.17) is 5.73 Å². The van der Waals surface area contributed by atoms with Crippen LogP contribution in [0.5, 0.6) is 0 Å². The van der Waals surface area contributed by atoms with Crippen molar-refractivity contribution in [1.82, 2.24) is 24.6 Å². The van der Waals surface area contributed by atoms with Gasteiger partial charge in [-0.1, -0.05) is 0 Å². The molecule has 1 fully saturated rings. The van der Waals surface area contributed by atoms with E-state index in [0.717, 1.165) is 36.6 Å². The minimum Gasteiger partial charge on any atom is -0.355 e. The second kappa shape index (κ2) is 7.18. The van der Waals surface area contributed by atoms with Crippen LogP contribution in [0.3, 0.4) is 0 Å². The summed E-state index contributed by atoms with van der Waals surface area (Å²) >= 11 is 0. The van der Waals surface area contributed by atoms with Gasteiger partial charge in [0, 0.05) is 56.4 Å². The van der Waals surface area contributed by atoms with E-state index in [-0.39, 0.29) is 17.8 Å². The molecule has 0 bridgehead atoms. The van der Waals surface area contributed by atoms with Crippen molar-refractivity contribution in [3.8, 4) is 0 Å². The largest absolute Gasteiger partial charge is 0.355 e. The van der Waals surface area contributed by atoms with Crippen molar-refractivity contribution in [3.05, 3.63) is 35.5 Å². The fraction of sp³-hybridized carbons (Fsp3) is 0.529. The molecule has 0 aliphatic carbocycles. The van der Waals surface area contributed by atoms with E-state index in [9.17, 15) is 4.79 Å². The standard InChI is InChI=1S/C17H25N7O/c1-12-13(2)20-15(21-16(12)23-8-5-14(18)11-23)17(25)22(3)9-10-24-7-4-6-19-24/h4,6-7,14H,5,8-11,18H2,1-3H3/t14-/m1/s1. The van der Waals surface area contributed by atoms with E-state index < -0.39 is 0 Å². The molecule has 8 heteroatoms. The SMILES string of the molecule is Cc1nc(C(=O)N(C)CCn2cccn2)nc(N2CC[C@@H](N)C2)c1C. The summed E-state index contributed by atoms with van der Waals surface area (Å²) in [5, 5.41) is 4.15. The lowest BCUT2D eigenvalue weighted by atomic mass is 10.2. The maximum absolute atomic E-state index is 12.7. The molecule has 0 unspecified atom stereocenters. The average molecular weight is 343 g/mol. The number of hydrogen-bond acceptors (Lipinski definition) is 6. The molecule has 1 amide bonds. The van der Waals surface area contributed by atoms with Gasteiger partial charge < -0.3 is 15.5 Å². The Labute approximate surface area is 147 Å². The van der Waals surface area contributed by atoms with Crippen LogP contribution in [0.1, 0.15) is 28.3 Å². The maximum atomic E-state index is 12.7. The van der Waals surface area contributed by atoms with Crippen molar-refractivity contribution in [3.63, 3.8) is 0 Å². The highest BCUT2D eigenvalue weighted by molar-refractivity contribution is 5.90. The minimum atomic E-state index is -0.181. The van der Waals surface area contributed by atoms with Gasteiger partial charge in [-0.05, 0) is 26.3 Å². The second-order valence-corrected chi connectivity index (χ2v) is 6.57. The number of likely N-dealkylation sites (N-methyl/N-ethyl adjacent to an activating group) is 1. The summed E-state index contributed by atoms with van der Waals surface area (Å²) in [6, 6.07) is 2.02. The van der Waals surface area contributed by atoms with E-state index in [2.05, 4.69) is 20.0 Å². The first-order chi connectivity index (χ1) is 12.0. The molecule has 2 aromatic heterocycles. The lowest BCUT2D eigenvalue weighted by Crippen LogP contribution is -2.33. The van der Waals surface area contributed by atoms with E-state index >= 15 is 0 Å². The number of nitrogens with two attached hydrogens (primary N) is 1. The third kappa shape index (κ3) is 3.79. The van der Waals surface area contributed by atoms with Crippen LogP contribution < -0.4 is 10.6 Å². The summed E-state index contributed by atoms with van der Waals surface area (Å²) < 4.78 is 1.79. The molecular weight excluding hydrogens is 318 g/mol.